The molecule has 0 aliphatic heterocycles. The molecular weight excluding hydrogens is 398 g/mol. The van der Waals surface area contributed by atoms with Crippen LogP contribution >= 0.6 is 0 Å². The molecule has 0 saturated heterocycles. The zero-order valence-electron chi connectivity index (χ0n) is 18.2. The number of ether oxygens (including phenoxy) is 2. The first-order valence-electron chi connectivity index (χ1n) is 9.24. The number of anilines is 3. The Balaban J connectivity index is 3.40. The van der Waals surface area contributed by atoms with Gasteiger partial charge in [-0.2, -0.15) is 8.78 Å². The highest BCUT2D eigenvalue weighted by atomic mass is 19.3. The number of nitrogens with zero attached hydrogens (tertiary/aromatic N) is 2. The Hall–Kier alpha value is -2.88. The molecule has 0 heterocycles. The van der Waals surface area contributed by atoms with Gasteiger partial charge < -0.3 is 24.6 Å². The maximum atomic E-state index is 13.0. The summed E-state index contributed by atoms with van der Waals surface area (Å²) in [5.74, 6) is -0.762. The van der Waals surface area contributed by atoms with Crippen molar-refractivity contribution in [2.45, 2.75) is 33.0 Å². The lowest BCUT2D eigenvalue weighted by Gasteiger charge is -2.26. The number of rotatable bonds is 9. The van der Waals surface area contributed by atoms with E-state index in [1.807, 2.05) is 19.0 Å². The summed E-state index contributed by atoms with van der Waals surface area (Å²) in [4.78, 5) is 27.8. The quantitative estimate of drug-likeness (QED) is 0.583. The van der Waals surface area contributed by atoms with Crippen molar-refractivity contribution in [2.24, 2.45) is 0 Å². The van der Waals surface area contributed by atoms with Crippen LogP contribution in [0.25, 0.3) is 0 Å². The molecule has 2 N–H and O–H groups in total. The van der Waals surface area contributed by atoms with Crippen LogP contribution in [0.15, 0.2) is 24.8 Å². The van der Waals surface area contributed by atoms with Crippen molar-refractivity contribution in [3.8, 4) is 5.75 Å². The third kappa shape index (κ3) is 8.64. The SMILES string of the molecule is C=CC(=O)Nc1cc(NC(=O)OC(C)(C)C)c(OC(F)F)cc1N(C)CCN(C)C. The number of likely N-dealkylation sites (N-methyl/N-ethyl adjacent to an activating group) is 2. The predicted octanol–water partition coefficient (Wildman–Crippen LogP) is 3.76. The fraction of sp³-hybridized carbons (Fsp3) is 0.500. The van der Waals surface area contributed by atoms with Crippen LogP contribution < -0.4 is 20.3 Å². The average Bonchev–Trinajstić information content (AvgIpc) is 2.59. The Morgan fingerprint density at radius 1 is 1.13 bits per heavy atom. The first-order valence-corrected chi connectivity index (χ1v) is 9.24. The molecule has 30 heavy (non-hydrogen) atoms. The number of alkyl halides is 2. The third-order valence-corrected chi connectivity index (χ3v) is 3.69. The van der Waals surface area contributed by atoms with Crippen LogP contribution in [-0.2, 0) is 9.53 Å². The summed E-state index contributed by atoms with van der Waals surface area (Å²) in [6.07, 6.45) is 0.227. The molecule has 0 fully saturated rings. The van der Waals surface area contributed by atoms with E-state index >= 15 is 0 Å². The second-order valence-electron chi connectivity index (χ2n) is 7.79. The van der Waals surface area contributed by atoms with Crippen LogP contribution in [0.5, 0.6) is 5.75 Å². The van der Waals surface area contributed by atoms with Crippen LogP contribution in [0.4, 0.5) is 30.6 Å². The zero-order valence-corrected chi connectivity index (χ0v) is 18.2. The summed E-state index contributed by atoms with van der Waals surface area (Å²) >= 11 is 0. The van der Waals surface area contributed by atoms with E-state index in [-0.39, 0.29) is 17.1 Å². The molecule has 168 valence electrons. The Morgan fingerprint density at radius 2 is 1.77 bits per heavy atom. The maximum Gasteiger partial charge on any atom is 0.412 e. The van der Waals surface area contributed by atoms with E-state index in [1.165, 1.54) is 12.1 Å². The summed E-state index contributed by atoms with van der Waals surface area (Å²) in [6.45, 7) is 6.52. The second kappa shape index (κ2) is 10.8. The van der Waals surface area contributed by atoms with E-state index in [1.54, 1.807) is 32.7 Å². The minimum absolute atomic E-state index is 0.0753. The lowest BCUT2D eigenvalue weighted by molar-refractivity contribution is -0.111. The van der Waals surface area contributed by atoms with E-state index < -0.39 is 24.2 Å². The Bertz CT molecular complexity index is 764. The van der Waals surface area contributed by atoms with Crippen molar-refractivity contribution < 1.29 is 27.8 Å². The monoisotopic (exact) mass is 428 g/mol. The number of nitrogens with one attached hydrogen (secondary N) is 2. The number of carbonyl (C=O) groups is 2. The lowest BCUT2D eigenvalue weighted by Crippen LogP contribution is -2.30. The van der Waals surface area contributed by atoms with E-state index in [4.69, 9.17) is 4.74 Å². The van der Waals surface area contributed by atoms with E-state index in [0.29, 0.717) is 18.8 Å². The van der Waals surface area contributed by atoms with Gasteiger partial charge in [0.2, 0.25) is 5.91 Å². The van der Waals surface area contributed by atoms with Crippen molar-refractivity contribution in [2.75, 3.05) is 49.8 Å². The van der Waals surface area contributed by atoms with Gasteiger partial charge in [-0.05, 0) is 47.0 Å². The Kier molecular flexibility index (Phi) is 9.03. The predicted molar refractivity (Wildman–Crippen MR) is 114 cm³/mol. The van der Waals surface area contributed by atoms with Crippen molar-refractivity contribution in [3.63, 3.8) is 0 Å². The van der Waals surface area contributed by atoms with Crippen LogP contribution in [0, 0.1) is 0 Å². The van der Waals surface area contributed by atoms with Gasteiger partial charge >= 0.3 is 12.7 Å². The Labute approximate surface area is 175 Å². The molecule has 0 aliphatic rings. The van der Waals surface area contributed by atoms with E-state index in [9.17, 15) is 18.4 Å². The largest absolute Gasteiger partial charge is 0.444 e. The van der Waals surface area contributed by atoms with Gasteiger partial charge in [-0.1, -0.05) is 6.58 Å². The number of amides is 2. The third-order valence-electron chi connectivity index (χ3n) is 3.69. The van der Waals surface area contributed by atoms with Gasteiger partial charge in [-0.3, -0.25) is 10.1 Å². The number of carbonyl (C=O) groups excluding carboxylic acids is 2. The van der Waals surface area contributed by atoms with Crippen LogP contribution in [0.2, 0.25) is 0 Å². The lowest BCUT2D eigenvalue weighted by atomic mass is 10.2. The zero-order chi connectivity index (χ0) is 23.1. The standard InChI is InChI=1S/C20H30F2N4O4/c1-8-17(27)23-13-11-14(24-19(28)30-20(2,3)4)16(29-18(21)22)12-15(13)26(7)10-9-25(5)6/h8,11-12,18H,1,9-10H2,2-7H3,(H,23,27)(H,24,28). The summed E-state index contributed by atoms with van der Waals surface area (Å²) in [7, 11) is 5.54. The fourth-order valence-electron chi connectivity index (χ4n) is 2.34. The van der Waals surface area contributed by atoms with Gasteiger partial charge in [0.1, 0.15) is 5.60 Å². The first kappa shape index (κ1) is 25.2. The van der Waals surface area contributed by atoms with Gasteiger partial charge in [0, 0.05) is 26.2 Å². The fourth-order valence-corrected chi connectivity index (χ4v) is 2.34. The molecule has 0 radical (unpaired) electrons. The van der Waals surface area contributed by atoms with E-state index in [0.717, 1.165) is 6.08 Å². The van der Waals surface area contributed by atoms with Crippen LogP contribution in [0.1, 0.15) is 20.8 Å². The highest BCUT2D eigenvalue weighted by molar-refractivity contribution is 6.02. The van der Waals surface area contributed by atoms with Gasteiger partial charge in [0.15, 0.2) is 5.75 Å². The van der Waals surface area contributed by atoms with Gasteiger partial charge in [-0.25, -0.2) is 4.79 Å². The van der Waals surface area contributed by atoms with Gasteiger partial charge in [0.25, 0.3) is 0 Å². The molecule has 10 heteroatoms. The normalized spacial score (nSPS) is 11.3. The maximum absolute atomic E-state index is 13.0. The highest BCUT2D eigenvalue weighted by Gasteiger charge is 2.22. The topological polar surface area (TPSA) is 83.1 Å². The molecule has 0 unspecified atom stereocenters. The second-order valence-corrected chi connectivity index (χ2v) is 7.79. The van der Waals surface area contributed by atoms with Gasteiger partial charge in [-0.15, -0.1) is 0 Å². The van der Waals surface area contributed by atoms with E-state index in [2.05, 4.69) is 21.9 Å². The number of benzene rings is 1. The van der Waals surface area contributed by atoms with Crippen molar-refractivity contribution in [1.82, 2.24) is 4.90 Å². The first-order chi connectivity index (χ1) is 13.8. The number of hydrogen-bond acceptors (Lipinski definition) is 6. The molecule has 0 aromatic heterocycles. The van der Waals surface area contributed by atoms with Crippen LogP contribution in [0.3, 0.4) is 0 Å². The molecule has 0 bridgehead atoms. The molecule has 8 nitrogen and oxygen atoms in total. The highest BCUT2D eigenvalue weighted by Crippen LogP contribution is 2.38. The molecule has 1 aromatic rings. The summed E-state index contributed by atoms with van der Waals surface area (Å²) < 4.78 is 35.8. The molecule has 0 aliphatic carbocycles. The molecular formula is C20H30F2N4O4. The molecule has 1 aromatic carbocycles. The Morgan fingerprint density at radius 3 is 2.27 bits per heavy atom. The minimum atomic E-state index is -3.11. The van der Waals surface area contributed by atoms with Gasteiger partial charge in [0.05, 0.1) is 17.1 Å². The van der Waals surface area contributed by atoms with Crippen molar-refractivity contribution in [1.29, 1.82) is 0 Å². The molecule has 0 spiro atoms. The van der Waals surface area contributed by atoms with Crippen LogP contribution in [-0.4, -0.2) is 63.3 Å². The molecule has 1 rings (SSSR count). The molecule has 2 amide bonds. The summed E-state index contributed by atoms with van der Waals surface area (Å²) in [6, 6.07) is 2.66. The minimum Gasteiger partial charge on any atom is -0.444 e. The smallest absolute Gasteiger partial charge is 0.412 e. The number of halogens is 2. The average molecular weight is 428 g/mol. The summed E-state index contributed by atoms with van der Waals surface area (Å²) in [5, 5.41) is 5.02. The number of hydrogen-bond donors (Lipinski definition) is 2. The molecule has 0 saturated carbocycles. The molecule has 0 atom stereocenters. The van der Waals surface area contributed by atoms with Crippen molar-refractivity contribution in [3.05, 3.63) is 24.8 Å². The van der Waals surface area contributed by atoms with Crippen molar-refractivity contribution >= 4 is 29.1 Å². The summed E-state index contributed by atoms with van der Waals surface area (Å²) in [5.41, 5.74) is -0.153.